The van der Waals surface area contributed by atoms with Gasteiger partial charge in [-0.2, -0.15) is 0 Å². The SMILES string of the molecule is CC(C)NC(=O)[C@@H](C)N(Cc1cccc(Cl)c1)C(=O)CCCOc1ccccc1. The molecule has 0 aromatic heterocycles. The van der Waals surface area contributed by atoms with E-state index in [1.165, 1.54) is 0 Å². The maximum absolute atomic E-state index is 12.9. The highest BCUT2D eigenvalue weighted by atomic mass is 35.5. The Morgan fingerprint density at radius 3 is 2.45 bits per heavy atom. The van der Waals surface area contributed by atoms with Crippen molar-refractivity contribution in [3.8, 4) is 5.75 Å². The molecule has 5 nitrogen and oxygen atoms in total. The van der Waals surface area contributed by atoms with E-state index in [1.54, 1.807) is 17.9 Å². The van der Waals surface area contributed by atoms with Gasteiger partial charge in [0.2, 0.25) is 11.8 Å². The van der Waals surface area contributed by atoms with Crippen LogP contribution in [0.4, 0.5) is 0 Å². The molecule has 0 heterocycles. The normalized spacial score (nSPS) is 11.8. The van der Waals surface area contributed by atoms with Gasteiger partial charge in [-0.15, -0.1) is 0 Å². The van der Waals surface area contributed by atoms with Gasteiger partial charge in [-0.1, -0.05) is 41.9 Å². The number of nitrogens with zero attached hydrogens (tertiary/aromatic N) is 1. The van der Waals surface area contributed by atoms with Crippen molar-refractivity contribution in [2.24, 2.45) is 0 Å². The highest BCUT2D eigenvalue weighted by Crippen LogP contribution is 2.16. The summed E-state index contributed by atoms with van der Waals surface area (Å²) in [6.45, 7) is 6.31. The number of hydrogen-bond donors (Lipinski definition) is 1. The highest BCUT2D eigenvalue weighted by Gasteiger charge is 2.26. The predicted molar refractivity (Wildman–Crippen MR) is 116 cm³/mol. The Hall–Kier alpha value is -2.53. The first-order valence-corrected chi connectivity index (χ1v) is 10.3. The van der Waals surface area contributed by atoms with Crippen molar-refractivity contribution in [3.63, 3.8) is 0 Å². The topological polar surface area (TPSA) is 58.6 Å². The fraction of sp³-hybridized carbons (Fsp3) is 0.391. The third-order valence-corrected chi connectivity index (χ3v) is 4.62. The van der Waals surface area contributed by atoms with E-state index in [9.17, 15) is 9.59 Å². The second-order valence-electron chi connectivity index (χ2n) is 7.26. The van der Waals surface area contributed by atoms with Crippen LogP contribution in [-0.2, 0) is 16.1 Å². The molecule has 1 N–H and O–H groups in total. The average Bonchev–Trinajstić information content (AvgIpc) is 2.69. The van der Waals surface area contributed by atoms with Crippen LogP contribution in [0.1, 0.15) is 39.2 Å². The van der Waals surface area contributed by atoms with Crippen LogP contribution in [-0.4, -0.2) is 35.4 Å². The van der Waals surface area contributed by atoms with E-state index in [2.05, 4.69) is 5.32 Å². The number of ether oxygens (including phenoxy) is 1. The quantitative estimate of drug-likeness (QED) is 0.582. The zero-order chi connectivity index (χ0) is 21.2. The zero-order valence-corrected chi connectivity index (χ0v) is 18.0. The second kappa shape index (κ2) is 11.5. The molecule has 2 aromatic carbocycles. The fourth-order valence-corrected chi connectivity index (χ4v) is 3.11. The van der Waals surface area contributed by atoms with Gasteiger partial charge in [0, 0.05) is 24.0 Å². The molecule has 2 amide bonds. The van der Waals surface area contributed by atoms with Gasteiger partial charge < -0.3 is 15.0 Å². The number of rotatable bonds is 10. The van der Waals surface area contributed by atoms with E-state index >= 15 is 0 Å². The van der Waals surface area contributed by atoms with Gasteiger partial charge in [0.1, 0.15) is 11.8 Å². The molecule has 2 rings (SSSR count). The summed E-state index contributed by atoms with van der Waals surface area (Å²) in [7, 11) is 0. The zero-order valence-electron chi connectivity index (χ0n) is 17.2. The molecule has 1 atom stereocenters. The number of nitrogens with one attached hydrogen (secondary N) is 1. The fourth-order valence-electron chi connectivity index (χ4n) is 2.89. The third kappa shape index (κ3) is 7.78. The van der Waals surface area contributed by atoms with E-state index in [0.29, 0.717) is 31.0 Å². The molecule has 0 bridgehead atoms. The highest BCUT2D eigenvalue weighted by molar-refractivity contribution is 6.30. The van der Waals surface area contributed by atoms with E-state index in [0.717, 1.165) is 11.3 Å². The number of para-hydroxylation sites is 1. The maximum atomic E-state index is 12.9. The summed E-state index contributed by atoms with van der Waals surface area (Å²) in [5, 5.41) is 3.48. The molecule has 0 aliphatic heterocycles. The monoisotopic (exact) mass is 416 g/mol. The molecule has 156 valence electrons. The summed E-state index contributed by atoms with van der Waals surface area (Å²) >= 11 is 6.08. The molecule has 29 heavy (non-hydrogen) atoms. The predicted octanol–water partition coefficient (Wildman–Crippen LogP) is 4.44. The number of benzene rings is 2. The Kier molecular flexibility index (Phi) is 9.00. The molecular weight excluding hydrogens is 388 g/mol. The lowest BCUT2D eigenvalue weighted by atomic mass is 10.1. The molecule has 0 saturated carbocycles. The van der Waals surface area contributed by atoms with Crippen LogP contribution in [0.25, 0.3) is 0 Å². The smallest absolute Gasteiger partial charge is 0.242 e. The van der Waals surface area contributed by atoms with Gasteiger partial charge in [-0.25, -0.2) is 0 Å². The van der Waals surface area contributed by atoms with Crippen LogP contribution in [0, 0.1) is 0 Å². The van der Waals surface area contributed by atoms with Crippen molar-refractivity contribution in [1.29, 1.82) is 0 Å². The Balaban J connectivity index is 2.00. The maximum Gasteiger partial charge on any atom is 0.242 e. The largest absolute Gasteiger partial charge is 0.494 e. The van der Waals surface area contributed by atoms with Crippen molar-refractivity contribution < 1.29 is 14.3 Å². The van der Waals surface area contributed by atoms with Gasteiger partial charge in [-0.05, 0) is 57.0 Å². The number of amides is 2. The lowest BCUT2D eigenvalue weighted by Crippen LogP contribution is -2.49. The third-order valence-electron chi connectivity index (χ3n) is 4.39. The van der Waals surface area contributed by atoms with Crippen molar-refractivity contribution in [2.45, 2.75) is 52.2 Å². The van der Waals surface area contributed by atoms with Crippen LogP contribution in [0.5, 0.6) is 5.75 Å². The molecule has 0 spiro atoms. The van der Waals surface area contributed by atoms with Crippen LogP contribution in [0.2, 0.25) is 5.02 Å². The molecular formula is C23H29ClN2O3. The molecule has 0 radical (unpaired) electrons. The number of halogens is 1. The lowest BCUT2D eigenvalue weighted by Gasteiger charge is -2.29. The molecule has 2 aromatic rings. The Bertz CT molecular complexity index is 796. The van der Waals surface area contributed by atoms with E-state index in [4.69, 9.17) is 16.3 Å². The van der Waals surface area contributed by atoms with Crippen LogP contribution in [0.15, 0.2) is 54.6 Å². The number of hydrogen-bond acceptors (Lipinski definition) is 3. The van der Waals surface area contributed by atoms with Gasteiger partial charge in [0.05, 0.1) is 6.61 Å². The number of carbonyl (C=O) groups excluding carboxylic acids is 2. The number of carbonyl (C=O) groups is 2. The molecule has 0 fully saturated rings. The average molecular weight is 417 g/mol. The van der Waals surface area contributed by atoms with E-state index in [1.807, 2.05) is 62.4 Å². The van der Waals surface area contributed by atoms with Gasteiger partial charge in [0.25, 0.3) is 0 Å². The van der Waals surface area contributed by atoms with E-state index < -0.39 is 6.04 Å². The van der Waals surface area contributed by atoms with Gasteiger partial charge in [0.15, 0.2) is 0 Å². The Labute approximate surface area is 178 Å². The first-order valence-electron chi connectivity index (χ1n) is 9.89. The summed E-state index contributed by atoms with van der Waals surface area (Å²) in [5.41, 5.74) is 0.885. The van der Waals surface area contributed by atoms with Gasteiger partial charge >= 0.3 is 0 Å². The summed E-state index contributed by atoms with van der Waals surface area (Å²) in [5.74, 6) is 0.518. The van der Waals surface area contributed by atoms with Crippen LogP contribution < -0.4 is 10.1 Å². The standard InChI is InChI=1S/C23H29ClN2O3/c1-17(2)25-23(28)18(3)26(16-19-9-7-10-20(24)15-19)22(27)13-8-14-29-21-11-5-4-6-12-21/h4-7,9-12,15,17-18H,8,13-14,16H2,1-3H3,(H,25,28)/t18-/m1/s1. The second-order valence-corrected chi connectivity index (χ2v) is 7.69. The molecule has 6 heteroatoms. The summed E-state index contributed by atoms with van der Waals surface area (Å²) in [6.07, 6.45) is 0.866. The van der Waals surface area contributed by atoms with Gasteiger partial charge in [-0.3, -0.25) is 9.59 Å². The lowest BCUT2D eigenvalue weighted by molar-refractivity contribution is -0.141. The summed E-state index contributed by atoms with van der Waals surface area (Å²) in [6, 6.07) is 16.3. The molecule has 0 aliphatic carbocycles. The van der Waals surface area contributed by atoms with Crippen molar-refractivity contribution in [3.05, 3.63) is 65.2 Å². The minimum absolute atomic E-state index is 0.00680. The van der Waals surface area contributed by atoms with E-state index in [-0.39, 0.29) is 17.9 Å². The summed E-state index contributed by atoms with van der Waals surface area (Å²) < 4.78 is 5.66. The molecule has 0 aliphatic rings. The first-order chi connectivity index (χ1) is 13.9. The minimum Gasteiger partial charge on any atom is -0.494 e. The Morgan fingerprint density at radius 2 is 1.79 bits per heavy atom. The molecule has 0 saturated heterocycles. The molecule has 0 unspecified atom stereocenters. The van der Waals surface area contributed by atoms with Crippen molar-refractivity contribution >= 4 is 23.4 Å². The van der Waals surface area contributed by atoms with Crippen LogP contribution >= 0.6 is 11.6 Å². The minimum atomic E-state index is -0.584. The van der Waals surface area contributed by atoms with Crippen LogP contribution in [0.3, 0.4) is 0 Å². The first kappa shape index (κ1) is 22.8. The Morgan fingerprint density at radius 1 is 1.07 bits per heavy atom. The summed E-state index contributed by atoms with van der Waals surface area (Å²) in [4.78, 5) is 27.1. The van der Waals surface area contributed by atoms with Crippen molar-refractivity contribution in [2.75, 3.05) is 6.61 Å². The van der Waals surface area contributed by atoms with Crippen molar-refractivity contribution in [1.82, 2.24) is 10.2 Å².